The van der Waals surface area contributed by atoms with Crippen LogP contribution in [0.2, 0.25) is 5.02 Å². The highest BCUT2D eigenvalue weighted by Gasteiger charge is 2.30. The molecule has 1 amide bonds. The molecule has 0 saturated carbocycles. The minimum absolute atomic E-state index is 0.153. The highest BCUT2D eigenvalue weighted by atomic mass is 79.9. The summed E-state index contributed by atoms with van der Waals surface area (Å²) in [5, 5.41) is 4.01. The second kappa shape index (κ2) is 10.9. The topological polar surface area (TPSA) is 60.0 Å². The summed E-state index contributed by atoms with van der Waals surface area (Å²) in [5.41, 5.74) is 2.09. The first-order valence-electron chi connectivity index (χ1n) is 9.51. The maximum absolute atomic E-state index is 12.7. The molecule has 0 radical (unpaired) electrons. The van der Waals surface area contributed by atoms with Gasteiger partial charge in [0, 0.05) is 30.8 Å². The van der Waals surface area contributed by atoms with Gasteiger partial charge >= 0.3 is 0 Å². The molecule has 1 saturated heterocycles. The largest absolute Gasteiger partial charge is 0.496 e. The summed E-state index contributed by atoms with van der Waals surface area (Å²) in [4.78, 5) is 14.2. The number of carbonyl (C=O) groups is 1. The molecule has 0 atom stereocenters. The zero-order valence-corrected chi connectivity index (χ0v) is 20.3. The van der Waals surface area contributed by atoms with Gasteiger partial charge in [-0.05, 0) is 76.5 Å². The minimum atomic E-state index is -0.153. The van der Waals surface area contributed by atoms with E-state index >= 15 is 0 Å². The van der Waals surface area contributed by atoms with Crippen molar-refractivity contribution in [3.63, 3.8) is 0 Å². The molecular formula is C22H22BrClN2O4S. The van der Waals surface area contributed by atoms with E-state index in [9.17, 15) is 4.79 Å². The van der Waals surface area contributed by atoms with Crippen molar-refractivity contribution in [3.05, 3.63) is 62.7 Å². The summed E-state index contributed by atoms with van der Waals surface area (Å²) in [6, 6.07) is 11.0. The van der Waals surface area contributed by atoms with Gasteiger partial charge < -0.3 is 19.5 Å². The Morgan fingerprint density at radius 1 is 1.19 bits per heavy atom. The third kappa shape index (κ3) is 5.98. The Morgan fingerprint density at radius 2 is 1.97 bits per heavy atom. The number of nitrogens with zero attached hydrogens (tertiary/aromatic N) is 1. The van der Waals surface area contributed by atoms with Crippen molar-refractivity contribution in [2.75, 3.05) is 27.4 Å². The number of amides is 1. The van der Waals surface area contributed by atoms with Crippen LogP contribution in [0, 0.1) is 0 Å². The van der Waals surface area contributed by atoms with E-state index in [1.54, 1.807) is 43.4 Å². The average Bonchev–Trinajstić information content (AvgIpc) is 3.00. The molecule has 9 heteroatoms. The average molecular weight is 526 g/mol. The number of hydrogen-bond acceptors (Lipinski definition) is 5. The molecule has 31 heavy (non-hydrogen) atoms. The van der Waals surface area contributed by atoms with Gasteiger partial charge in [0.15, 0.2) is 5.11 Å². The third-order valence-corrected chi connectivity index (χ3v) is 5.76. The number of ether oxygens (including phenoxy) is 3. The summed E-state index contributed by atoms with van der Waals surface area (Å²) < 4.78 is 17.2. The Bertz CT molecular complexity index is 1020. The zero-order valence-electron chi connectivity index (χ0n) is 17.1. The molecular weight excluding hydrogens is 504 g/mol. The molecule has 1 fully saturated rings. The monoisotopic (exact) mass is 524 g/mol. The van der Waals surface area contributed by atoms with Crippen LogP contribution in [-0.4, -0.2) is 43.3 Å². The molecule has 1 N–H and O–H groups in total. The molecule has 1 heterocycles. The van der Waals surface area contributed by atoms with Gasteiger partial charge in [0.1, 0.15) is 23.8 Å². The molecule has 0 aromatic heterocycles. The second-order valence-corrected chi connectivity index (χ2v) is 8.40. The van der Waals surface area contributed by atoms with Crippen molar-refractivity contribution in [1.82, 2.24) is 10.2 Å². The molecule has 1 aliphatic heterocycles. The van der Waals surface area contributed by atoms with E-state index < -0.39 is 0 Å². The van der Waals surface area contributed by atoms with Gasteiger partial charge in [-0.15, -0.1) is 0 Å². The van der Waals surface area contributed by atoms with Gasteiger partial charge in [0.2, 0.25) is 0 Å². The van der Waals surface area contributed by atoms with E-state index in [-0.39, 0.29) is 12.5 Å². The first kappa shape index (κ1) is 23.5. The fourth-order valence-corrected chi connectivity index (χ4v) is 4.14. The van der Waals surface area contributed by atoms with Gasteiger partial charge in [0.05, 0.1) is 11.6 Å². The highest BCUT2D eigenvalue weighted by Crippen LogP contribution is 2.30. The quantitative estimate of drug-likeness (QED) is 0.289. The molecule has 1 aliphatic rings. The van der Waals surface area contributed by atoms with Gasteiger partial charge in [-0.1, -0.05) is 17.7 Å². The lowest BCUT2D eigenvalue weighted by Crippen LogP contribution is -2.32. The fraction of sp³-hybridized carbons (Fsp3) is 0.273. The predicted molar refractivity (Wildman–Crippen MR) is 128 cm³/mol. The van der Waals surface area contributed by atoms with E-state index in [0.29, 0.717) is 46.9 Å². The Hall–Kier alpha value is -2.13. The summed E-state index contributed by atoms with van der Waals surface area (Å²) in [5.74, 6) is 1.20. The van der Waals surface area contributed by atoms with E-state index in [2.05, 4.69) is 21.2 Å². The van der Waals surface area contributed by atoms with Crippen LogP contribution in [0.15, 0.2) is 46.6 Å². The SMILES string of the molecule is COCCCN1C(=O)/C(=C\c2ccc(OC)c(COc3ccc(Cl)cc3Br)c2)NC1=S. The Morgan fingerprint density at radius 3 is 2.68 bits per heavy atom. The van der Waals surface area contributed by atoms with Crippen LogP contribution in [0.3, 0.4) is 0 Å². The number of hydrogen-bond donors (Lipinski definition) is 1. The number of rotatable bonds is 9. The van der Waals surface area contributed by atoms with E-state index in [0.717, 1.165) is 15.6 Å². The minimum Gasteiger partial charge on any atom is -0.496 e. The van der Waals surface area contributed by atoms with E-state index in [4.69, 9.17) is 38.0 Å². The lowest BCUT2D eigenvalue weighted by atomic mass is 10.1. The van der Waals surface area contributed by atoms with Crippen LogP contribution in [-0.2, 0) is 16.1 Å². The maximum Gasteiger partial charge on any atom is 0.276 e. The van der Waals surface area contributed by atoms with Crippen LogP contribution in [0.1, 0.15) is 17.5 Å². The number of benzene rings is 2. The third-order valence-electron chi connectivity index (χ3n) is 4.59. The van der Waals surface area contributed by atoms with Crippen LogP contribution in [0.4, 0.5) is 0 Å². The number of halogens is 2. The number of thiocarbonyl (C=S) groups is 1. The van der Waals surface area contributed by atoms with Gasteiger partial charge in [-0.25, -0.2) is 0 Å². The zero-order chi connectivity index (χ0) is 22.4. The van der Waals surface area contributed by atoms with Gasteiger partial charge in [-0.2, -0.15) is 0 Å². The summed E-state index contributed by atoms with van der Waals surface area (Å²) in [6.45, 7) is 1.36. The van der Waals surface area contributed by atoms with Crippen molar-refractivity contribution in [2.45, 2.75) is 13.0 Å². The predicted octanol–water partition coefficient (Wildman–Crippen LogP) is 4.78. The fourth-order valence-electron chi connectivity index (χ4n) is 3.06. The molecule has 2 aromatic carbocycles. The van der Waals surface area contributed by atoms with Crippen LogP contribution in [0.5, 0.6) is 11.5 Å². The second-order valence-electron chi connectivity index (χ2n) is 6.73. The van der Waals surface area contributed by atoms with Gasteiger partial charge in [0.25, 0.3) is 5.91 Å². The van der Waals surface area contributed by atoms with Crippen molar-refractivity contribution in [3.8, 4) is 11.5 Å². The normalized spacial score (nSPS) is 14.8. The summed E-state index contributed by atoms with van der Waals surface area (Å²) in [6.07, 6.45) is 2.48. The number of nitrogens with one attached hydrogen (secondary N) is 1. The molecule has 0 unspecified atom stereocenters. The lowest BCUT2D eigenvalue weighted by Gasteiger charge is -2.13. The Kier molecular flexibility index (Phi) is 8.31. The van der Waals surface area contributed by atoms with Crippen molar-refractivity contribution in [2.24, 2.45) is 0 Å². The maximum atomic E-state index is 12.7. The summed E-state index contributed by atoms with van der Waals surface area (Å²) >= 11 is 14.7. The molecule has 164 valence electrons. The first-order chi connectivity index (χ1) is 14.9. The molecule has 3 rings (SSSR count). The molecule has 0 spiro atoms. The molecule has 0 aliphatic carbocycles. The van der Waals surface area contributed by atoms with Crippen LogP contribution >= 0.6 is 39.7 Å². The van der Waals surface area contributed by atoms with Crippen LogP contribution < -0.4 is 14.8 Å². The number of methoxy groups -OCH3 is 2. The lowest BCUT2D eigenvalue weighted by molar-refractivity contribution is -0.122. The molecule has 0 bridgehead atoms. The molecule has 2 aromatic rings. The highest BCUT2D eigenvalue weighted by molar-refractivity contribution is 9.10. The van der Waals surface area contributed by atoms with E-state index in [1.807, 2.05) is 18.2 Å². The van der Waals surface area contributed by atoms with Crippen molar-refractivity contribution < 1.29 is 19.0 Å². The van der Waals surface area contributed by atoms with Crippen molar-refractivity contribution in [1.29, 1.82) is 0 Å². The Balaban J connectivity index is 1.77. The van der Waals surface area contributed by atoms with E-state index in [1.165, 1.54) is 0 Å². The first-order valence-corrected chi connectivity index (χ1v) is 11.1. The molecule has 6 nitrogen and oxygen atoms in total. The van der Waals surface area contributed by atoms with Crippen molar-refractivity contribution >= 4 is 56.8 Å². The standard InChI is InChI=1S/C22H22BrClN2O4S/c1-28-9-3-8-26-21(27)18(25-22(26)31)11-14-4-6-19(29-2)15(10-14)13-30-20-7-5-16(24)12-17(20)23/h4-7,10-12H,3,8-9,13H2,1-2H3,(H,25,31)/b18-11+. The van der Waals surface area contributed by atoms with Gasteiger partial charge in [-0.3, -0.25) is 9.69 Å². The Labute approximate surface area is 200 Å². The smallest absolute Gasteiger partial charge is 0.276 e. The summed E-state index contributed by atoms with van der Waals surface area (Å²) in [7, 11) is 3.23. The van der Waals surface area contributed by atoms with Crippen LogP contribution in [0.25, 0.3) is 6.08 Å². The number of carbonyl (C=O) groups excluding carboxylic acids is 1.